The Labute approximate surface area is 102 Å². The molecule has 0 radical (unpaired) electrons. The van der Waals surface area contributed by atoms with Crippen molar-refractivity contribution in [1.29, 1.82) is 0 Å². The minimum absolute atomic E-state index is 0.160. The molecule has 1 aromatic carbocycles. The molecule has 0 atom stereocenters. The van der Waals surface area contributed by atoms with Crippen LogP contribution in [0.4, 0.5) is 24.5 Å². The van der Waals surface area contributed by atoms with Crippen LogP contribution in [0.1, 0.15) is 5.56 Å². The minimum Gasteiger partial charge on any atom is -0.367 e. The predicted octanol–water partition coefficient (Wildman–Crippen LogP) is 2.51. The highest BCUT2D eigenvalue weighted by molar-refractivity contribution is 5.68. The predicted molar refractivity (Wildman–Crippen MR) is 62.0 cm³/mol. The standard InChI is InChI=1S/C11H12F3N3O/c12-11(13,14)8-1-2-10(9(7-8)16-18)17-5-3-15-4-6-17/h1-2,7,15H,3-6H2. The Hall–Kier alpha value is -1.63. The van der Waals surface area contributed by atoms with Crippen molar-refractivity contribution in [2.24, 2.45) is 5.18 Å². The van der Waals surface area contributed by atoms with E-state index in [9.17, 15) is 18.1 Å². The normalized spacial score (nSPS) is 16.7. The van der Waals surface area contributed by atoms with Gasteiger partial charge in [-0.25, -0.2) is 0 Å². The molecule has 1 fully saturated rings. The Bertz CT molecular complexity index is 442. The maximum absolute atomic E-state index is 12.5. The molecule has 1 saturated heterocycles. The van der Waals surface area contributed by atoms with Crippen LogP contribution in [0.3, 0.4) is 0 Å². The fourth-order valence-electron chi connectivity index (χ4n) is 1.95. The number of rotatable bonds is 2. The van der Waals surface area contributed by atoms with Crippen molar-refractivity contribution >= 4 is 11.4 Å². The molecule has 2 rings (SSSR count). The monoisotopic (exact) mass is 259 g/mol. The lowest BCUT2D eigenvalue weighted by Gasteiger charge is -2.30. The Morgan fingerprint density at radius 1 is 1.22 bits per heavy atom. The zero-order valence-corrected chi connectivity index (χ0v) is 9.50. The van der Waals surface area contributed by atoms with Gasteiger partial charge in [-0.05, 0) is 23.4 Å². The third-order valence-electron chi connectivity index (χ3n) is 2.86. The first-order chi connectivity index (χ1) is 8.52. The topological polar surface area (TPSA) is 44.7 Å². The molecule has 0 spiro atoms. The van der Waals surface area contributed by atoms with Crippen molar-refractivity contribution in [2.45, 2.75) is 6.18 Å². The van der Waals surface area contributed by atoms with Crippen LogP contribution in [-0.4, -0.2) is 26.2 Å². The molecule has 1 aliphatic rings. The number of nitroso groups, excluding NO2 is 1. The molecule has 1 heterocycles. The summed E-state index contributed by atoms with van der Waals surface area (Å²) in [6, 6.07) is 3.08. The molecule has 1 aromatic rings. The molecule has 0 aliphatic carbocycles. The Morgan fingerprint density at radius 2 is 1.89 bits per heavy atom. The molecule has 0 bridgehead atoms. The summed E-state index contributed by atoms with van der Waals surface area (Å²) in [6.45, 7) is 2.76. The maximum atomic E-state index is 12.5. The number of halogens is 3. The van der Waals surface area contributed by atoms with E-state index in [1.165, 1.54) is 6.07 Å². The molecular weight excluding hydrogens is 247 g/mol. The smallest absolute Gasteiger partial charge is 0.367 e. The van der Waals surface area contributed by atoms with Gasteiger partial charge in [0, 0.05) is 26.2 Å². The first-order valence-corrected chi connectivity index (χ1v) is 5.52. The summed E-state index contributed by atoms with van der Waals surface area (Å²) in [7, 11) is 0. The summed E-state index contributed by atoms with van der Waals surface area (Å²) in [6.07, 6.45) is -4.46. The van der Waals surface area contributed by atoms with E-state index in [2.05, 4.69) is 10.5 Å². The molecule has 1 N–H and O–H groups in total. The molecule has 0 aromatic heterocycles. The number of piperazine rings is 1. The van der Waals surface area contributed by atoms with E-state index in [-0.39, 0.29) is 5.69 Å². The third kappa shape index (κ3) is 2.61. The largest absolute Gasteiger partial charge is 0.416 e. The lowest BCUT2D eigenvalue weighted by molar-refractivity contribution is -0.137. The van der Waals surface area contributed by atoms with Gasteiger partial charge in [0.25, 0.3) is 0 Å². The zero-order chi connectivity index (χ0) is 13.2. The van der Waals surface area contributed by atoms with E-state index < -0.39 is 11.7 Å². The van der Waals surface area contributed by atoms with Crippen LogP contribution in [0.5, 0.6) is 0 Å². The first-order valence-electron chi connectivity index (χ1n) is 5.52. The van der Waals surface area contributed by atoms with Crippen LogP contribution in [0, 0.1) is 4.91 Å². The van der Waals surface area contributed by atoms with Crippen LogP contribution in [0.25, 0.3) is 0 Å². The number of anilines is 1. The Balaban J connectivity index is 2.33. The third-order valence-corrected chi connectivity index (χ3v) is 2.86. The summed E-state index contributed by atoms with van der Waals surface area (Å²) >= 11 is 0. The maximum Gasteiger partial charge on any atom is 0.416 e. The van der Waals surface area contributed by atoms with Crippen molar-refractivity contribution in [2.75, 3.05) is 31.1 Å². The van der Waals surface area contributed by atoms with Crippen molar-refractivity contribution in [3.05, 3.63) is 28.7 Å². The summed E-state index contributed by atoms with van der Waals surface area (Å²) < 4.78 is 37.5. The van der Waals surface area contributed by atoms with Crippen LogP contribution in [0.15, 0.2) is 23.4 Å². The number of nitrogens with one attached hydrogen (secondary N) is 1. The highest BCUT2D eigenvalue weighted by atomic mass is 19.4. The Kier molecular flexibility index (Phi) is 3.51. The minimum atomic E-state index is -4.46. The average Bonchev–Trinajstić information content (AvgIpc) is 2.38. The SMILES string of the molecule is O=Nc1cc(C(F)(F)F)ccc1N1CCNCC1. The number of benzene rings is 1. The van der Waals surface area contributed by atoms with Crippen LogP contribution in [-0.2, 0) is 6.18 Å². The van der Waals surface area contributed by atoms with E-state index in [1.54, 1.807) is 0 Å². The molecule has 98 valence electrons. The van der Waals surface area contributed by atoms with Crippen molar-refractivity contribution in [3.8, 4) is 0 Å². The lowest BCUT2D eigenvalue weighted by Crippen LogP contribution is -2.43. The van der Waals surface area contributed by atoms with Gasteiger partial charge in [0.15, 0.2) is 0 Å². The van der Waals surface area contributed by atoms with Crippen molar-refractivity contribution in [3.63, 3.8) is 0 Å². The zero-order valence-electron chi connectivity index (χ0n) is 9.50. The molecule has 0 saturated carbocycles. The van der Waals surface area contributed by atoms with Gasteiger partial charge in [0.2, 0.25) is 0 Å². The van der Waals surface area contributed by atoms with Crippen LogP contribution >= 0.6 is 0 Å². The van der Waals surface area contributed by atoms with Gasteiger partial charge in [-0.3, -0.25) is 0 Å². The van der Waals surface area contributed by atoms with E-state index in [1.807, 2.05) is 4.90 Å². The summed E-state index contributed by atoms with van der Waals surface area (Å²) in [5, 5.41) is 5.83. The first kappa shape index (κ1) is 12.8. The van der Waals surface area contributed by atoms with Gasteiger partial charge in [-0.2, -0.15) is 13.2 Å². The summed E-state index contributed by atoms with van der Waals surface area (Å²) in [4.78, 5) is 12.5. The molecule has 0 amide bonds. The number of hydrogen-bond donors (Lipinski definition) is 1. The van der Waals surface area contributed by atoms with E-state index in [0.717, 1.165) is 25.2 Å². The van der Waals surface area contributed by atoms with Gasteiger partial charge in [0.1, 0.15) is 5.69 Å². The molecule has 7 heteroatoms. The second kappa shape index (κ2) is 4.93. The van der Waals surface area contributed by atoms with Gasteiger partial charge in [-0.1, -0.05) is 0 Å². The van der Waals surface area contributed by atoms with Gasteiger partial charge >= 0.3 is 6.18 Å². The second-order valence-corrected chi connectivity index (χ2v) is 4.03. The van der Waals surface area contributed by atoms with Gasteiger partial charge in [-0.15, -0.1) is 4.91 Å². The fourth-order valence-corrected chi connectivity index (χ4v) is 1.95. The average molecular weight is 259 g/mol. The second-order valence-electron chi connectivity index (χ2n) is 4.03. The van der Waals surface area contributed by atoms with Crippen LogP contribution in [0.2, 0.25) is 0 Å². The Morgan fingerprint density at radius 3 is 2.44 bits per heavy atom. The van der Waals surface area contributed by atoms with Crippen LogP contribution < -0.4 is 10.2 Å². The van der Waals surface area contributed by atoms with E-state index >= 15 is 0 Å². The van der Waals surface area contributed by atoms with Gasteiger partial charge < -0.3 is 10.2 Å². The molecule has 18 heavy (non-hydrogen) atoms. The van der Waals surface area contributed by atoms with E-state index in [4.69, 9.17) is 0 Å². The number of nitrogens with zero attached hydrogens (tertiary/aromatic N) is 2. The molecule has 0 unspecified atom stereocenters. The number of hydrogen-bond acceptors (Lipinski definition) is 4. The van der Waals surface area contributed by atoms with E-state index in [0.29, 0.717) is 18.8 Å². The lowest BCUT2D eigenvalue weighted by atomic mass is 10.1. The molecular formula is C11H12F3N3O. The quantitative estimate of drug-likeness (QED) is 0.830. The van der Waals surface area contributed by atoms with Crippen molar-refractivity contribution < 1.29 is 13.2 Å². The fraction of sp³-hybridized carbons (Fsp3) is 0.455. The number of alkyl halides is 3. The highest BCUT2D eigenvalue weighted by Crippen LogP contribution is 2.36. The summed E-state index contributed by atoms with van der Waals surface area (Å²) in [5.41, 5.74) is -0.554. The highest BCUT2D eigenvalue weighted by Gasteiger charge is 2.31. The van der Waals surface area contributed by atoms with Gasteiger partial charge in [0.05, 0.1) is 11.3 Å². The summed E-state index contributed by atoms with van der Waals surface area (Å²) in [5.74, 6) is 0. The molecule has 1 aliphatic heterocycles. The van der Waals surface area contributed by atoms with Crippen molar-refractivity contribution in [1.82, 2.24) is 5.32 Å². The molecule has 4 nitrogen and oxygen atoms in total.